The summed E-state index contributed by atoms with van der Waals surface area (Å²) in [6, 6.07) is 0. The van der Waals surface area contributed by atoms with Crippen molar-refractivity contribution in [1.82, 2.24) is 20.1 Å². The van der Waals surface area contributed by atoms with Gasteiger partial charge in [0.1, 0.15) is 0 Å². The second-order valence-electron chi connectivity index (χ2n) is 5.26. The molecule has 21 heavy (non-hydrogen) atoms. The third-order valence-electron chi connectivity index (χ3n) is 3.67. The fourth-order valence-corrected chi connectivity index (χ4v) is 3.46. The molecular formula is C15H24N4OS. The lowest BCUT2D eigenvalue weighted by atomic mass is 10.2. The predicted octanol–water partition coefficient (Wildman–Crippen LogP) is 1.90. The molecular weight excluding hydrogens is 284 g/mol. The van der Waals surface area contributed by atoms with E-state index in [2.05, 4.69) is 36.2 Å². The predicted molar refractivity (Wildman–Crippen MR) is 85.8 cm³/mol. The van der Waals surface area contributed by atoms with Crippen molar-refractivity contribution in [1.29, 1.82) is 0 Å². The molecule has 2 heterocycles. The van der Waals surface area contributed by atoms with Crippen molar-refractivity contribution in [3.63, 3.8) is 0 Å². The SMILES string of the molecule is Cc1nc(C)c(CCNCc2c(C)nn(CCO)c2C)s1. The summed E-state index contributed by atoms with van der Waals surface area (Å²) >= 11 is 1.78. The second kappa shape index (κ2) is 7.15. The molecule has 116 valence electrons. The van der Waals surface area contributed by atoms with Gasteiger partial charge in [-0.2, -0.15) is 5.10 Å². The molecule has 0 aromatic carbocycles. The average Bonchev–Trinajstić information content (AvgIpc) is 2.88. The van der Waals surface area contributed by atoms with Crippen LogP contribution in [0.25, 0.3) is 0 Å². The Hall–Kier alpha value is -1.24. The van der Waals surface area contributed by atoms with Crippen molar-refractivity contribution >= 4 is 11.3 Å². The van der Waals surface area contributed by atoms with Crippen LogP contribution in [0.1, 0.15) is 32.5 Å². The molecule has 0 spiro atoms. The minimum atomic E-state index is 0.124. The molecule has 2 N–H and O–H groups in total. The molecule has 2 aromatic heterocycles. The standard InChI is InChI=1S/C15H24N4OS/c1-10-14(12(3)19(18-10)7-8-20)9-16-6-5-15-11(2)17-13(4)21-15/h16,20H,5-9H2,1-4H3. The van der Waals surface area contributed by atoms with Gasteiger partial charge in [-0.15, -0.1) is 11.3 Å². The first kappa shape index (κ1) is 16.1. The van der Waals surface area contributed by atoms with E-state index in [-0.39, 0.29) is 6.61 Å². The molecule has 0 fully saturated rings. The quantitative estimate of drug-likeness (QED) is 0.767. The van der Waals surface area contributed by atoms with Crippen LogP contribution in [0.3, 0.4) is 0 Å². The molecule has 5 nitrogen and oxygen atoms in total. The Morgan fingerprint density at radius 3 is 2.57 bits per heavy atom. The zero-order chi connectivity index (χ0) is 15.4. The van der Waals surface area contributed by atoms with E-state index in [1.807, 2.05) is 11.6 Å². The van der Waals surface area contributed by atoms with Crippen LogP contribution in [0.4, 0.5) is 0 Å². The number of aliphatic hydroxyl groups is 1. The van der Waals surface area contributed by atoms with Gasteiger partial charge >= 0.3 is 0 Å². The van der Waals surface area contributed by atoms with Crippen molar-refractivity contribution in [3.05, 3.63) is 32.5 Å². The molecule has 0 bridgehead atoms. The van der Waals surface area contributed by atoms with Crippen LogP contribution in [-0.4, -0.2) is 33.0 Å². The molecule has 6 heteroatoms. The van der Waals surface area contributed by atoms with Gasteiger partial charge in [0, 0.05) is 29.2 Å². The Kier molecular flexibility index (Phi) is 5.50. The first-order chi connectivity index (χ1) is 10.0. The number of aromatic nitrogens is 3. The topological polar surface area (TPSA) is 63.0 Å². The number of nitrogens with one attached hydrogen (secondary N) is 1. The largest absolute Gasteiger partial charge is 0.394 e. The van der Waals surface area contributed by atoms with Crippen molar-refractivity contribution < 1.29 is 5.11 Å². The van der Waals surface area contributed by atoms with Crippen molar-refractivity contribution in [3.8, 4) is 0 Å². The maximum atomic E-state index is 9.03. The number of rotatable bonds is 7. The normalized spacial score (nSPS) is 11.3. The third kappa shape index (κ3) is 3.90. The van der Waals surface area contributed by atoms with Crippen molar-refractivity contribution in [2.45, 2.75) is 47.2 Å². The molecule has 0 amide bonds. The summed E-state index contributed by atoms with van der Waals surface area (Å²) in [5.74, 6) is 0. The highest BCUT2D eigenvalue weighted by Gasteiger charge is 2.11. The fraction of sp³-hybridized carbons (Fsp3) is 0.600. The number of aliphatic hydroxyl groups excluding tert-OH is 1. The molecule has 2 rings (SSSR count). The Bertz CT molecular complexity index is 603. The number of hydrogen-bond acceptors (Lipinski definition) is 5. The Morgan fingerprint density at radius 2 is 1.95 bits per heavy atom. The van der Waals surface area contributed by atoms with E-state index in [1.54, 1.807) is 11.3 Å². The van der Waals surface area contributed by atoms with Crippen LogP contribution in [-0.2, 0) is 19.5 Å². The Balaban J connectivity index is 1.87. The summed E-state index contributed by atoms with van der Waals surface area (Å²) < 4.78 is 1.88. The highest BCUT2D eigenvalue weighted by atomic mass is 32.1. The van der Waals surface area contributed by atoms with E-state index in [0.717, 1.165) is 41.6 Å². The molecule has 0 saturated heterocycles. The highest BCUT2D eigenvalue weighted by molar-refractivity contribution is 7.11. The molecule has 0 aliphatic carbocycles. The smallest absolute Gasteiger partial charge is 0.0900 e. The van der Waals surface area contributed by atoms with Crippen LogP contribution >= 0.6 is 11.3 Å². The molecule has 2 aromatic rings. The van der Waals surface area contributed by atoms with Gasteiger partial charge in [0.15, 0.2) is 0 Å². The Morgan fingerprint density at radius 1 is 1.19 bits per heavy atom. The second-order valence-corrected chi connectivity index (χ2v) is 6.55. The lowest BCUT2D eigenvalue weighted by Crippen LogP contribution is -2.17. The van der Waals surface area contributed by atoms with Gasteiger partial charge in [0.2, 0.25) is 0 Å². The van der Waals surface area contributed by atoms with Crippen molar-refractivity contribution in [2.24, 2.45) is 0 Å². The zero-order valence-electron chi connectivity index (χ0n) is 13.2. The van der Waals surface area contributed by atoms with Gasteiger partial charge in [-0.25, -0.2) is 4.98 Å². The molecule has 0 saturated carbocycles. The van der Waals surface area contributed by atoms with Gasteiger partial charge in [-0.05, 0) is 34.1 Å². The minimum Gasteiger partial charge on any atom is -0.394 e. The maximum absolute atomic E-state index is 9.03. The Labute approximate surface area is 130 Å². The maximum Gasteiger partial charge on any atom is 0.0900 e. The molecule has 0 aliphatic heterocycles. The van der Waals surface area contributed by atoms with Gasteiger partial charge in [0.05, 0.1) is 29.5 Å². The van der Waals surface area contributed by atoms with Crippen LogP contribution in [0, 0.1) is 27.7 Å². The number of aryl methyl sites for hydroxylation is 3. The summed E-state index contributed by atoms with van der Waals surface area (Å²) in [5.41, 5.74) is 4.57. The van der Waals surface area contributed by atoms with E-state index in [9.17, 15) is 0 Å². The summed E-state index contributed by atoms with van der Waals surface area (Å²) in [4.78, 5) is 5.82. The molecule has 0 aliphatic rings. The highest BCUT2D eigenvalue weighted by Crippen LogP contribution is 2.17. The van der Waals surface area contributed by atoms with E-state index in [0.29, 0.717) is 6.54 Å². The van der Waals surface area contributed by atoms with Crippen LogP contribution in [0.15, 0.2) is 0 Å². The molecule has 0 unspecified atom stereocenters. The molecule has 0 radical (unpaired) electrons. The van der Waals surface area contributed by atoms with Crippen LogP contribution in [0.2, 0.25) is 0 Å². The first-order valence-corrected chi connectivity index (χ1v) is 8.12. The van der Waals surface area contributed by atoms with Crippen molar-refractivity contribution in [2.75, 3.05) is 13.2 Å². The average molecular weight is 308 g/mol. The first-order valence-electron chi connectivity index (χ1n) is 7.30. The number of thiazole rings is 1. The fourth-order valence-electron chi connectivity index (χ4n) is 2.52. The van der Waals surface area contributed by atoms with E-state index >= 15 is 0 Å². The van der Waals surface area contributed by atoms with Crippen LogP contribution < -0.4 is 5.32 Å². The van der Waals surface area contributed by atoms with Gasteiger partial charge < -0.3 is 10.4 Å². The third-order valence-corrected chi connectivity index (χ3v) is 4.81. The summed E-state index contributed by atoms with van der Waals surface area (Å²) in [6.45, 7) is 10.7. The van der Waals surface area contributed by atoms with Gasteiger partial charge in [0.25, 0.3) is 0 Å². The monoisotopic (exact) mass is 308 g/mol. The number of hydrogen-bond donors (Lipinski definition) is 2. The van der Waals surface area contributed by atoms with Gasteiger partial charge in [-0.3, -0.25) is 4.68 Å². The van der Waals surface area contributed by atoms with E-state index < -0.39 is 0 Å². The van der Waals surface area contributed by atoms with E-state index in [4.69, 9.17) is 5.11 Å². The lowest BCUT2D eigenvalue weighted by molar-refractivity contribution is 0.267. The van der Waals surface area contributed by atoms with E-state index in [1.165, 1.54) is 10.4 Å². The summed E-state index contributed by atoms with van der Waals surface area (Å²) in [6.07, 6.45) is 1.01. The lowest BCUT2D eigenvalue weighted by Gasteiger charge is -2.06. The summed E-state index contributed by atoms with van der Waals surface area (Å²) in [7, 11) is 0. The van der Waals surface area contributed by atoms with Crippen LogP contribution in [0.5, 0.6) is 0 Å². The zero-order valence-corrected chi connectivity index (χ0v) is 14.0. The molecule has 0 atom stereocenters. The minimum absolute atomic E-state index is 0.124. The number of nitrogens with zero attached hydrogens (tertiary/aromatic N) is 3. The summed E-state index contributed by atoms with van der Waals surface area (Å²) in [5, 5.41) is 18.1. The van der Waals surface area contributed by atoms with Gasteiger partial charge in [-0.1, -0.05) is 0 Å².